The van der Waals surface area contributed by atoms with E-state index in [2.05, 4.69) is 39.1 Å². The highest BCUT2D eigenvalue weighted by molar-refractivity contribution is 7.80. The molecule has 0 spiro atoms. The maximum atomic E-state index is 9.60. The van der Waals surface area contributed by atoms with E-state index in [1.165, 1.54) is 25.7 Å². The molecule has 0 aromatic rings. The highest BCUT2D eigenvalue weighted by Gasteiger charge is 2.39. The Bertz CT molecular complexity index is 416. The van der Waals surface area contributed by atoms with Gasteiger partial charge in [0.05, 0.1) is 25.0 Å². The lowest BCUT2D eigenvalue weighted by molar-refractivity contribution is -0.137. The molecule has 0 saturated heterocycles. The first kappa shape index (κ1) is 28.6. The Morgan fingerprint density at radius 2 is 1.00 bits per heavy atom. The number of aliphatic hydroxyl groups is 2. The molecule has 4 N–H and O–H groups in total. The molecule has 0 aromatic carbocycles. The van der Waals surface area contributed by atoms with E-state index < -0.39 is 11.9 Å². The highest BCUT2D eigenvalue weighted by Crippen LogP contribution is 2.48. The molecular weight excluding hydrogens is 412 g/mol. The van der Waals surface area contributed by atoms with Gasteiger partial charge in [-0.2, -0.15) is 25.3 Å². The first-order valence-electron chi connectivity index (χ1n) is 10.6. The average Bonchev–Trinajstić information content (AvgIpc) is 2.63. The maximum Gasteiger partial charge on any atom is 0.304 e. The Morgan fingerprint density at radius 1 is 0.724 bits per heavy atom. The van der Waals surface area contributed by atoms with Crippen LogP contribution in [0.4, 0.5) is 0 Å². The van der Waals surface area contributed by atoms with Crippen LogP contribution in [-0.4, -0.2) is 56.1 Å². The average molecular weight is 453 g/mol. The summed E-state index contributed by atoms with van der Waals surface area (Å²) in [5.41, 5.74) is 0.389. The van der Waals surface area contributed by atoms with Gasteiger partial charge >= 0.3 is 11.9 Å². The number of aliphatic carboxylic acids is 2. The quantitative estimate of drug-likeness (QED) is 0.341. The number of carboxylic acids is 2. The van der Waals surface area contributed by atoms with Crippen molar-refractivity contribution >= 4 is 37.2 Å². The first-order valence-corrected chi connectivity index (χ1v) is 11.8. The van der Waals surface area contributed by atoms with Crippen LogP contribution in [0.1, 0.15) is 78.1 Å². The number of hydrogen-bond donors (Lipinski definition) is 6. The number of hydrogen-bond acceptors (Lipinski definition) is 6. The van der Waals surface area contributed by atoms with E-state index in [0.29, 0.717) is 16.9 Å². The van der Waals surface area contributed by atoms with Gasteiger partial charge in [0, 0.05) is 11.5 Å². The van der Waals surface area contributed by atoms with Gasteiger partial charge in [0.1, 0.15) is 0 Å². The third-order valence-corrected chi connectivity index (χ3v) is 6.60. The van der Waals surface area contributed by atoms with Crippen LogP contribution in [0, 0.1) is 17.3 Å². The van der Waals surface area contributed by atoms with Crippen molar-refractivity contribution in [2.45, 2.75) is 90.3 Å². The molecule has 172 valence electrons. The van der Waals surface area contributed by atoms with E-state index in [1.54, 1.807) is 0 Å². The minimum Gasteiger partial charge on any atom is -0.481 e. The van der Waals surface area contributed by atoms with Crippen molar-refractivity contribution in [1.29, 1.82) is 0 Å². The maximum absolute atomic E-state index is 9.60. The van der Waals surface area contributed by atoms with Gasteiger partial charge in [0.15, 0.2) is 0 Å². The Morgan fingerprint density at radius 3 is 1.17 bits per heavy atom. The molecule has 29 heavy (non-hydrogen) atoms. The van der Waals surface area contributed by atoms with E-state index in [-0.39, 0.29) is 25.0 Å². The fourth-order valence-corrected chi connectivity index (χ4v) is 4.55. The van der Waals surface area contributed by atoms with Crippen LogP contribution in [0.3, 0.4) is 0 Å². The van der Waals surface area contributed by atoms with Gasteiger partial charge in [-0.05, 0) is 68.6 Å². The number of carbonyl (C=O) groups is 2. The van der Waals surface area contributed by atoms with E-state index in [4.69, 9.17) is 10.2 Å². The Hall–Kier alpha value is -0.440. The summed E-state index contributed by atoms with van der Waals surface area (Å²) in [7, 11) is 0. The Labute approximate surface area is 186 Å². The van der Waals surface area contributed by atoms with Crippen molar-refractivity contribution in [2.24, 2.45) is 17.3 Å². The molecule has 0 aliphatic heterocycles. The molecule has 8 heteroatoms. The summed E-state index contributed by atoms with van der Waals surface area (Å²) in [6.07, 6.45) is 8.93. The molecule has 2 aliphatic carbocycles. The molecule has 6 nitrogen and oxygen atoms in total. The van der Waals surface area contributed by atoms with Crippen LogP contribution in [0.2, 0.25) is 0 Å². The third kappa shape index (κ3) is 12.8. The minimum absolute atomic E-state index is 0.0461. The predicted molar refractivity (Wildman–Crippen MR) is 122 cm³/mol. The van der Waals surface area contributed by atoms with Crippen LogP contribution >= 0.6 is 25.3 Å². The molecule has 2 saturated carbocycles. The van der Waals surface area contributed by atoms with Crippen molar-refractivity contribution < 1.29 is 30.0 Å². The summed E-state index contributed by atoms with van der Waals surface area (Å²) in [5.74, 6) is 0.817. The normalized spacial score (nSPS) is 27.0. The fraction of sp³-hybridized carbons (Fsp3) is 0.905. The van der Waals surface area contributed by atoms with E-state index in [9.17, 15) is 19.8 Å². The predicted octanol–water partition coefficient (Wildman–Crippen LogP) is 3.90. The van der Waals surface area contributed by atoms with Crippen molar-refractivity contribution in [1.82, 2.24) is 0 Å². The van der Waals surface area contributed by atoms with Crippen molar-refractivity contribution in [2.75, 3.05) is 11.5 Å². The lowest BCUT2D eigenvalue weighted by atomic mass is 9.60. The molecular formula is C21H40O6S2. The molecule has 0 radical (unpaired) electrons. The van der Waals surface area contributed by atoms with Crippen LogP contribution in [0.25, 0.3) is 0 Å². The van der Waals surface area contributed by atoms with Crippen LogP contribution < -0.4 is 0 Å². The van der Waals surface area contributed by atoms with Crippen molar-refractivity contribution in [3.63, 3.8) is 0 Å². The summed E-state index contributed by atoms with van der Waals surface area (Å²) < 4.78 is 0. The van der Waals surface area contributed by atoms with E-state index in [0.717, 1.165) is 37.5 Å². The summed E-state index contributed by atoms with van der Waals surface area (Å²) in [5, 5.41) is 34.9. The Balaban J connectivity index is 0.000000542. The summed E-state index contributed by atoms with van der Waals surface area (Å²) in [6, 6.07) is 0. The Kier molecular flexibility index (Phi) is 15.1. The van der Waals surface area contributed by atoms with E-state index >= 15 is 0 Å². The van der Waals surface area contributed by atoms with Gasteiger partial charge in [-0.25, -0.2) is 0 Å². The van der Waals surface area contributed by atoms with Crippen LogP contribution in [-0.2, 0) is 9.59 Å². The summed E-state index contributed by atoms with van der Waals surface area (Å²) in [4.78, 5) is 19.1. The zero-order valence-corrected chi connectivity index (χ0v) is 19.6. The molecule has 0 bridgehead atoms. The molecule has 0 heterocycles. The van der Waals surface area contributed by atoms with Gasteiger partial charge in [-0.3, -0.25) is 9.59 Å². The largest absolute Gasteiger partial charge is 0.481 e. The van der Waals surface area contributed by atoms with Gasteiger partial charge in [0.25, 0.3) is 0 Å². The number of rotatable bonds is 6. The van der Waals surface area contributed by atoms with Crippen LogP contribution in [0.15, 0.2) is 0 Å². The highest BCUT2D eigenvalue weighted by atomic mass is 32.1. The number of aliphatic hydroxyl groups excluding tert-OH is 2. The first-order chi connectivity index (χ1) is 13.5. The molecule has 0 atom stereocenters. The molecule has 2 aliphatic rings. The fourth-order valence-electron chi connectivity index (χ4n) is 4.16. The van der Waals surface area contributed by atoms with Gasteiger partial charge in [-0.1, -0.05) is 13.8 Å². The summed E-state index contributed by atoms with van der Waals surface area (Å²) >= 11 is 7.36. The van der Waals surface area contributed by atoms with Crippen molar-refractivity contribution in [3.8, 4) is 0 Å². The lowest BCUT2D eigenvalue weighted by Gasteiger charge is -2.46. The third-order valence-electron chi connectivity index (χ3n) is 6.15. The van der Waals surface area contributed by atoms with Crippen LogP contribution in [0.5, 0.6) is 0 Å². The lowest BCUT2D eigenvalue weighted by Crippen LogP contribution is -2.38. The zero-order valence-electron chi connectivity index (χ0n) is 17.8. The van der Waals surface area contributed by atoms with E-state index in [1.807, 2.05) is 0 Å². The molecule has 0 amide bonds. The SMILES string of the molecule is CC(C)(C1CCC(O)CC1)C1CCC(O)CC1.O=C(O)CCS.O=C(O)CCS. The minimum atomic E-state index is -0.787. The topological polar surface area (TPSA) is 115 Å². The van der Waals surface area contributed by atoms with Gasteiger partial charge in [-0.15, -0.1) is 0 Å². The van der Waals surface area contributed by atoms with Crippen molar-refractivity contribution in [3.05, 3.63) is 0 Å². The molecule has 2 rings (SSSR count). The second-order valence-electron chi connectivity index (χ2n) is 8.57. The second-order valence-corrected chi connectivity index (χ2v) is 9.46. The molecule has 2 fully saturated rings. The monoisotopic (exact) mass is 452 g/mol. The zero-order chi connectivity index (χ0) is 22.4. The number of carboxylic acid groups (broad SMARTS) is 2. The molecule has 0 unspecified atom stereocenters. The van der Waals surface area contributed by atoms with Gasteiger partial charge in [0.2, 0.25) is 0 Å². The number of thiol groups is 2. The summed E-state index contributed by atoms with van der Waals surface area (Å²) in [6.45, 7) is 4.83. The second kappa shape index (κ2) is 15.4. The van der Waals surface area contributed by atoms with Gasteiger partial charge < -0.3 is 20.4 Å². The smallest absolute Gasteiger partial charge is 0.304 e. The molecule has 0 aromatic heterocycles. The standard InChI is InChI=1S/C15H28O2.2C3H6O2S/c1-15(2,11-3-7-13(16)8-4-11)12-5-9-14(17)10-6-12;2*4-3(5)1-2-6/h11-14,16-17H,3-10H2,1-2H3;2*6H,1-2H2,(H,4,5).